The van der Waals surface area contributed by atoms with Gasteiger partial charge in [-0.15, -0.1) is 13.2 Å². The first-order chi connectivity index (χ1) is 15.9. The van der Waals surface area contributed by atoms with Crippen LogP contribution in [0.2, 0.25) is 0 Å². The Labute approximate surface area is 199 Å². The molecule has 0 spiro atoms. The van der Waals surface area contributed by atoms with Crippen LogP contribution in [0.15, 0.2) is 52.4 Å². The van der Waals surface area contributed by atoms with E-state index in [1.54, 1.807) is 18.7 Å². The van der Waals surface area contributed by atoms with E-state index in [4.69, 9.17) is 4.74 Å². The van der Waals surface area contributed by atoms with E-state index in [0.717, 1.165) is 23.0 Å². The number of aliphatic hydroxyl groups is 1. The molecule has 0 aromatic heterocycles. The molecule has 0 saturated heterocycles. The Hall–Kier alpha value is -2.72. The maximum absolute atomic E-state index is 13.2. The predicted octanol–water partition coefficient (Wildman–Crippen LogP) is 5.15. The number of thioether (sulfide) groups is 1. The van der Waals surface area contributed by atoms with Crippen molar-refractivity contribution >= 4 is 28.4 Å². The van der Waals surface area contributed by atoms with Gasteiger partial charge in [-0.05, 0) is 74.2 Å². The standard InChI is InChI=1S/C24H25F3N2O4S/c1-14-12-20(23(2,3)31)32-19-9-4-15(13-18(14)19)29-11-10-28-21(22(29)30)34-17-7-5-16(6-8-17)33-24(25,26)27/h4-9,13-14,20,31H,10-12H2,1-3H3. The first-order valence-corrected chi connectivity index (χ1v) is 11.7. The lowest BCUT2D eigenvalue weighted by Crippen LogP contribution is -2.43. The van der Waals surface area contributed by atoms with Gasteiger partial charge in [0, 0.05) is 17.1 Å². The fraction of sp³-hybridized carbons (Fsp3) is 0.417. The molecule has 2 aromatic rings. The topological polar surface area (TPSA) is 71.4 Å². The largest absolute Gasteiger partial charge is 0.573 e. The van der Waals surface area contributed by atoms with E-state index < -0.39 is 12.0 Å². The fourth-order valence-electron chi connectivity index (χ4n) is 3.96. The molecule has 0 radical (unpaired) electrons. The van der Waals surface area contributed by atoms with E-state index in [0.29, 0.717) is 30.2 Å². The van der Waals surface area contributed by atoms with Crippen molar-refractivity contribution in [3.05, 3.63) is 48.0 Å². The second-order valence-corrected chi connectivity index (χ2v) is 9.95. The summed E-state index contributed by atoms with van der Waals surface area (Å²) in [5.74, 6) is 0.238. The molecular formula is C24H25F3N2O4S. The van der Waals surface area contributed by atoms with Gasteiger partial charge in [0.15, 0.2) is 5.04 Å². The highest BCUT2D eigenvalue weighted by Gasteiger charge is 2.36. The minimum atomic E-state index is -4.76. The number of halogens is 3. The molecule has 0 aliphatic carbocycles. The molecule has 2 aliphatic rings. The van der Waals surface area contributed by atoms with Crippen LogP contribution in [-0.2, 0) is 4.79 Å². The summed E-state index contributed by atoms with van der Waals surface area (Å²) in [6.07, 6.45) is -4.42. The second kappa shape index (κ2) is 9.14. The molecule has 6 nitrogen and oxygen atoms in total. The van der Waals surface area contributed by atoms with Gasteiger partial charge in [-0.1, -0.05) is 18.7 Å². The van der Waals surface area contributed by atoms with Crippen molar-refractivity contribution in [2.45, 2.75) is 56.1 Å². The van der Waals surface area contributed by atoms with Crippen LogP contribution in [0.25, 0.3) is 0 Å². The van der Waals surface area contributed by atoms with Crippen molar-refractivity contribution in [3.8, 4) is 11.5 Å². The third-order valence-electron chi connectivity index (χ3n) is 5.74. The minimum Gasteiger partial charge on any atom is -0.487 e. The zero-order chi connectivity index (χ0) is 24.7. The van der Waals surface area contributed by atoms with Gasteiger partial charge in [-0.25, -0.2) is 0 Å². The molecule has 34 heavy (non-hydrogen) atoms. The smallest absolute Gasteiger partial charge is 0.487 e. The lowest BCUT2D eigenvalue weighted by Gasteiger charge is -2.37. The highest BCUT2D eigenvalue weighted by Crippen LogP contribution is 2.41. The van der Waals surface area contributed by atoms with Crippen molar-refractivity contribution in [3.63, 3.8) is 0 Å². The minimum absolute atomic E-state index is 0.139. The SMILES string of the molecule is CC1CC(C(C)(C)O)Oc2ccc(N3CCN=C(Sc4ccc(OC(F)(F)F)cc4)C3=O)cc21. The number of fused-ring (bicyclic) bond motifs is 1. The zero-order valence-electron chi connectivity index (χ0n) is 18.9. The highest BCUT2D eigenvalue weighted by atomic mass is 32.2. The Kier molecular flexibility index (Phi) is 6.56. The number of ether oxygens (including phenoxy) is 2. The van der Waals surface area contributed by atoms with Gasteiger partial charge < -0.3 is 19.5 Å². The first kappa shape index (κ1) is 24.4. The molecule has 0 bridgehead atoms. The number of amides is 1. The molecule has 2 aliphatic heterocycles. The Bertz CT molecular complexity index is 1100. The number of carbonyl (C=O) groups is 1. The van der Waals surface area contributed by atoms with Crippen molar-refractivity contribution < 1.29 is 32.5 Å². The fourth-order valence-corrected chi connectivity index (χ4v) is 4.81. The molecule has 182 valence electrons. The Balaban J connectivity index is 1.48. The average molecular weight is 495 g/mol. The van der Waals surface area contributed by atoms with Crippen molar-refractivity contribution in [1.82, 2.24) is 0 Å². The molecule has 1 N–H and O–H groups in total. The molecular weight excluding hydrogens is 469 g/mol. The van der Waals surface area contributed by atoms with Gasteiger partial charge in [0.2, 0.25) is 0 Å². The Morgan fingerprint density at radius 1 is 1.18 bits per heavy atom. The third kappa shape index (κ3) is 5.50. The van der Waals surface area contributed by atoms with Crippen LogP contribution in [-0.4, -0.2) is 47.2 Å². The Morgan fingerprint density at radius 2 is 1.88 bits per heavy atom. The summed E-state index contributed by atoms with van der Waals surface area (Å²) in [7, 11) is 0. The molecule has 2 heterocycles. The number of nitrogens with zero attached hydrogens (tertiary/aromatic N) is 2. The monoisotopic (exact) mass is 494 g/mol. The van der Waals surface area contributed by atoms with E-state index in [2.05, 4.69) is 16.7 Å². The van der Waals surface area contributed by atoms with Gasteiger partial charge in [-0.2, -0.15) is 0 Å². The number of anilines is 1. The maximum Gasteiger partial charge on any atom is 0.573 e. The quantitative estimate of drug-likeness (QED) is 0.637. The lowest BCUT2D eigenvalue weighted by atomic mass is 9.85. The number of hydrogen-bond donors (Lipinski definition) is 1. The van der Waals surface area contributed by atoms with Crippen LogP contribution in [0.1, 0.15) is 38.7 Å². The molecule has 1 amide bonds. The maximum atomic E-state index is 13.2. The number of benzene rings is 2. The van der Waals surface area contributed by atoms with Gasteiger partial charge in [-0.3, -0.25) is 9.79 Å². The van der Waals surface area contributed by atoms with Crippen molar-refractivity contribution in [2.75, 3.05) is 18.0 Å². The second-order valence-electron chi connectivity index (χ2n) is 8.88. The third-order valence-corrected chi connectivity index (χ3v) is 6.74. The number of alkyl halides is 3. The van der Waals surface area contributed by atoms with E-state index >= 15 is 0 Å². The van der Waals surface area contributed by atoms with Gasteiger partial charge in [0.1, 0.15) is 17.6 Å². The predicted molar refractivity (Wildman–Crippen MR) is 124 cm³/mol. The number of hydrogen-bond acceptors (Lipinski definition) is 6. The number of rotatable bonds is 4. The molecule has 2 unspecified atom stereocenters. The molecule has 2 aromatic carbocycles. The summed E-state index contributed by atoms with van der Waals surface area (Å²) in [4.78, 5) is 19.7. The molecule has 0 fully saturated rings. The van der Waals surface area contributed by atoms with Crippen molar-refractivity contribution in [2.24, 2.45) is 4.99 Å². The first-order valence-electron chi connectivity index (χ1n) is 10.8. The summed E-state index contributed by atoms with van der Waals surface area (Å²) in [5.41, 5.74) is 0.734. The van der Waals surface area contributed by atoms with Crippen molar-refractivity contribution in [1.29, 1.82) is 0 Å². The van der Waals surface area contributed by atoms with Gasteiger partial charge in [0.25, 0.3) is 5.91 Å². The average Bonchev–Trinajstić information content (AvgIpc) is 2.75. The van der Waals surface area contributed by atoms with Crippen LogP contribution < -0.4 is 14.4 Å². The van der Waals surface area contributed by atoms with Gasteiger partial charge in [0.05, 0.1) is 12.1 Å². The summed E-state index contributed by atoms with van der Waals surface area (Å²) in [5, 5.41) is 10.6. The molecule has 4 rings (SSSR count). The van der Waals surface area contributed by atoms with Crippen LogP contribution >= 0.6 is 11.8 Å². The normalized spacial score (nSPS) is 21.0. The van der Waals surface area contributed by atoms with E-state index in [1.807, 2.05) is 18.2 Å². The summed E-state index contributed by atoms with van der Waals surface area (Å²) in [6, 6.07) is 10.9. The van der Waals surface area contributed by atoms with Crippen LogP contribution in [0.3, 0.4) is 0 Å². The van der Waals surface area contributed by atoms with Crippen LogP contribution in [0, 0.1) is 0 Å². The van der Waals surface area contributed by atoms with E-state index in [1.165, 1.54) is 24.3 Å². The summed E-state index contributed by atoms with van der Waals surface area (Å²) < 4.78 is 47.0. The van der Waals surface area contributed by atoms with E-state index in [9.17, 15) is 23.1 Å². The highest BCUT2D eigenvalue weighted by molar-refractivity contribution is 8.15. The zero-order valence-corrected chi connectivity index (χ0v) is 19.7. The number of carbonyl (C=O) groups excluding carboxylic acids is 1. The number of aliphatic imine (C=N–C) groups is 1. The molecule has 10 heteroatoms. The molecule has 0 saturated carbocycles. The van der Waals surface area contributed by atoms with Crippen LogP contribution in [0.4, 0.5) is 18.9 Å². The molecule has 2 atom stereocenters. The van der Waals surface area contributed by atoms with Crippen LogP contribution in [0.5, 0.6) is 11.5 Å². The Morgan fingerprint density at radius 3 is 2.53 bits per heavy atom. The summed E-state index contributed by atoms with van der Waals surface area (Å²) >= 11 is 1.10. The summed E-state index contributed by atoms with van der Waals surface area (Å²) in [6.45, 7) is 6.35. The van der Waals surface area contributed by atoms with Gasteiger partial charge >= 0.3 is 6.36 Å². The lowest BCUT2D eigenvalue weighted by molar-refractivity contribution is -0.274. The van der Waals surface area contributed by atoms with E-state index in [-0.39, 0.29) is 28.7 Å².